The molecule has 0 amide bonds. The van der Waals surface area contributed by atoms with Crippen molar-refractivity contribution in [1.82, 2.24) is 4.98 Å². The van der Waals surface area contributed by atoms with Crippen molar-refractivity contribution in [1.29, 1.82) is 0 Å². The number of hydrogen-bond donors (Lipinski definition) is 1. The number of oxazole rings is 1. The molecule has 0 unspecified atom stereocenters. The van der Waals surface area contributed by atoms with Crippen LogP contribution in [0.2, 0.25) is 0 Å². The van der Waals surface area contributed by atoms with Crippen molar-refractivity contribution in [2.24, 2.45) is 0 Å². The van der Waals surface area contributed by atoms with Gasteiger partial charge < -0.3 is 23.7 Å². The average Bonchev–Trinajstić information content (AvgIpc) is 3.32. The van der Waals surface area contributed by atoms with E-state index in [2.05, 4.69) is 4.98 Å². The lowest BCUT2D eigenvalue weighted by atomic mass is 9.94. The molecule has 1 N–H and O–H groups in total. The highest BCUT2D eigenvalue weighted by Gasteiger charge is 2.25. The van der Waals surface area contributed by atoms with E-state index in [1.54, 1.807) is 0 Å². The zero-order valence-corrected chi connectivity index (χ0v) is 22.3. The second-order valence-electron chi connectivity index (χ2n) is 9.91. The smallest absolute Gasteiger partial charge is 0.336 e. The number of nitrogens with zero attached hydrogens (tertiary/aromatic N) is 1. The number of hydrogen-bond acceptors (Lipinski definition) is 6. The maximum absolute atomic E-state index is 11.7. The number of aromatic nitrogens is 1. The van der Waals surface area contributed by atoms with E-state index in [9.17, 15) is 9.90 Å². The molecule has 0 spiro atoms. The van der Waals surface area contributed by atoms with E-state index in [0.29, 0.717) is 23.6 Å². The fourth-order valence-corrected chi connectivity index (χ4v) is 4.94. The summed E-state index contributed by atoms with van der Waals surface area (Å²) in [6.07, 6.45) is 3.73. The van der Waals surface area contributed by atoms with E-state index in [1.807, 2.05) is 86.6 Å². The Bertz CT molecular complexity index is 1400. The van der Waals surface area contributed by atoms with Crippen molar-refractivity contribution in [3.63, 3.8) is 0 Å². The number of rotatable bonds is 10. The van der Waals surface area contributed by atoms with Crippen molar-refractivity contribution < 1.29 is 28.5 Å². The van der Waals surface area contributed by atoms with Crippen LogP contribution in [0.15, 0.2) is 77.2 Å². The molecule has 1 aromatic heterocycles. The predicted molar refractivity (Wildman–Crippen MR) is 147 cm³/mol. The van der Waals surface area contributed by atoms with Crippen LogP contribution in [-0.4, -0.2) is 28.3 Å². The zero-order chi connectivity index (χ0) is 27.2. The summed E-state index contributed by atoms with van der Waals surface area (Å²) in [6, 6.07) is 22.8. The third-order valence-electron chi connectivity index (χ3n) is 7.05. The highest BCUT2D eigenvalue weighted by Crippen LogP contribution is 2.29. The van der Waals surface area contributed by atoms with Crippen molar-refractivity contribution in [2.75, 3.05) is 0 Å². The van der Waals surface area contributed by atoms with Gasteiger partial charge in [0.05, 0.1) is 31.0 Å². The molecular formula is C32H33NO6. The Balaban J connectivity index is 1.15. The molecule has 202 valence electrons. The molecule has 1 aliphatic carbocycles. The van der Waals surface area contributed by atoms with Crippen LogP contribution in [0, 0.1) is 13.8 Å². The molecule has 0 saturated heterocycles. The van der Waals surface area contributed by atoms with E-state index >= 15 is 0 Å². The summed E-state index contributed by atoms with van der Waals surface area (Å²) < 4.78 is 24.2. The average molecular weight is 528 g/mol. The molecular weight excluding hydrogens is 494 g/mol. The molecule has 0 bridgehead atoms. The van der Waals surface area contributed by atoms with E-state index in [0.717, 1.165) is 59.8 Å². The minimum Gasteiger partial charge on any atom is -0.478 e. The summed E-state index contributed by atoms with van der Waals surface area (Å²) in [4.78, 5) is 16.4. The predicted octanol–water partition coefficient (Wildman–Crippen LogP) is 7.49. The van der Waals surface area contributed by atoms with Crippen LogP contribution in [-0.2, 0) is 22.7 Å². The Hall–Kier alpha value is -3.94. The monoisotopic (exact) mass is 527 g/mol. The van der Waals surface area contributed by atoms with Gasteiger partial charge in [-0.05, 0) is 87.1 Å². The van der Waals surface area contributed by atoms with E-state index in [-0.39, 0.29) is 18.8 Å². The lowest BCUT2D eigenvalue weighted by Crippen LogP contribution is -2.28. The number of carboxylic acids is 1. The Labute approximate surface area is 228 Å². The summed E-state index contributed by atoms with van der Waals surface area (Å²) in [5.41, 5.74) is 3.43. The lowest BCUT2D eigenvalue weighted by Gasteiger charge is -2.29. The highest BCUT2D eigenvalue weighted by atomic mass is 16.5. The standard InChI is InChI=1S/C32H33NO6/c1-21-8-6-9-24(30(21)32(34)35)19-36-27-12-7-13-28(18-27)37-20-29-22(2)38-31(33-29)23-14-16-26(17-15-23)39-25-10-4-3-5-11-25/h3-6,8-11,14-17,27-28H,7,12-13,18-20H2,1-2H3,(H,34,35)/t27-,28+/m1/s1. The molecule has 1 fully saturated rings. The van der Waals surface area contributed by atoms with Crippen LogP contribution in [0.4, 0.5) is 0 Å². The van der Waals surface area contributed by atoms with Gasteiger partial charge in [0.25, 0.3) is 0 Å². The van der Waals surface area contributed by atoms with Gasteiger partial charge in [0.15, 0.2) is 0 Å². The van der Waals surface area contributed by atoms with Crippen LogP contribution in [0.1, 0.15) is 58.6 Å². The molecule has 5 rings (SSSR count). The van der Waals surface area contributed by atoms with Gasteiger partial charge >= 0.3 is 5.97 Å². The second-order valence-corrected chi connectivity index (χ2v) is 9.91. The van der Waals surface area contributed by atoms with Gasteiger partial charge in [-0.15, -0.1) is 0 Å². The summed E-state index contributed by atoms with van der Waals surface area (Å²) in [5.74, 6) is 1.89. The van der Waals surface area contributed by atoms with E-state index in [4.69, 9.17) is 18.6 Å². The molecule has 3 aromatic carbocycles. The Morgan fingerprint density at radius 1 is 0.897 bits per heavy atom. The third-order valence-corrected chi connectivity index (χ3v) is 7.05. The van der Waals surface area contributed by atoms with Gasteiger partial charge in [0, 0.05) is 5.56 Å². The maximum atomic E-state index is 11.7. The summed E-state index contributed by atoms with van der Waals surface area (Å²) in [5, 5.41) is 9.57. The van der Waals surface area contributed by atoms with Crippen LogP contribution >= 0.6 is 0 Å². The summed E-state index contributed by atoms with van der Waals surface area (Å²) in [6.45, 7) is 4.35. The number of aryl methyl sites for hydroxylation is 2. The first-order chi connectivity index (χ1) is 19.0. The van der Waals surface area contributed by atoms with Gasteiger partial charge in [-0.2, -0.15) is 0 Å². The first-order valence-corrected chi connectivity index (χ1v) is 13.3. The number of carboxylic acid groups (broad SMARTS) is 1. The molecule has 4 aromatic rings. The van der Waals surface area contributed by atoms with E-state index < -0.39 is 5.97 Å². The molecule has 2 atom stereocenters. The first-order valence-electron chi connectivity index (χ1n) is 13.3. The second kappa shape index (κ2) is 12.3. The Morgan fingerprint density at radius 3 is 2.31 bits per heavy atom. The normalized spacial score (nSPS) is 17.2. The number of carbonyl (C=O) groups is 1. The van der Waals surface area contributed by atoms with Crippen molar-refractivity contribution in [3.8, 4) is 23.0 Å². The first kappa shape index (κ1) is 26.7. The van der Waals surface area contributed by atoms with Crippen molar-refractivity contribution >= 4 is 5.97 Å². The molecule has 7 nitrogen and oxygen atoms in total. The zero-order valence-electron chi connectivity index (χ0n) is 22.3. The SMILES string of the molecule is Cc1cccc(CO[C@@H]2CCC[C@H](OCc3nc(-c4ccc(Oc5ccccc5)cc4)oc3C)C2)c1C(=O)O. The Morgan fingerprint density at radius 2 is 1.59 bits per heavy atom. The minimum atomic E-state index is -0.921. The van der Waals surface area contributed by atoms with E-state index in [1.165, 1.54) is 0 Å². The van der Waals surface area contributed by atoms with Crippen LogP contribution in [0.25, 0.3) is 11.5 Å². The number of para-hydroxylation sites is 1. The van der Waals surface area contributed by atoms with Gasteiger partial charge in [-0.3, -0.25) is 0 Å². The van der Waals surface area contributed by atoms with Crippen molar-refractivity contribution in [2.45, 2.75) is 65.0 Å². The summed E-state index contributed by atoms with van der Waals surface area (Å²) >= 11 is 0. The Kier molecular flexibility index (Phi) is 8.39. The van der Waals surface area contributed by atoms with Crippen LogP contribution in [0.3, 0.4) is 0 Å². The molecule has 1 heterocycles. The fraction of sp³-hybridized carbons (Fsp3) is 0.312. The maximum Gasteiger partial charge on any atom is 0.336 e. The number of aromatic carboxylic acids is 1. The molecule has 1 aliphatic rings. The molecule has 1 saturated carbocycles. The van der Waals surface area contributed by atoms with Gasteiger partial charge in [-0.1, -0.05) is 36.4 Å². The lowest BCUT2D eigenvalue weighted by molar-refractivity contribution is -0.0564. The van der Waals surface area contributed by atoms with Crippen LogP contribution in [0.5, 0.6) is 11.5 Å². The van der Waals surface area contributed by atoms with Gasteiger partial charge in [0.2, 0.25) is 5.89 Å². The topological polar surface area (TPSA) is 91.0 Å². The molecule has 0 radical (unpaired) electrons. The largest absolute Gasteiger partial charge is 0.478 e. The van der Waals surface area contributed by atoms with Gasteiger partial charge in [-0.25, -0.2) is 9.78 Å². The molecule has 7 heteroatoms. The molecule has 39 heavy (non-hydrogen) atoms. The minimum absolute atomic E-state index is 0.0245. The van der Waals surface area contributed by atoms with Crippen LogP contribution < -0.4 is 4.74 Å². The quantitative estimate of drug-likeness (QED) is 0.228. The third kappa shape index (κ3) is 6.74. The highest BCUT2D eigenvalue weighted by molar-refractivity contribution is 5.91. The number of benzene rings is 3. The number of ether oxygens (including phenoxy) is 3. The van der Waals surface area contributed by atoms with Gasteiger partial charge in [0.1, 0.15) is 23.0 Å². The fourth-order valence-electron chi connectivity index (χ4n) is 4.94. The molecule has 0 aliphatic heterocycles. The summed E-state index contributed by atoms with van der Waals surface area (Å²) in [7, 11) is 0. The van der Waals surface area contributed by atoms with Crippen molar-refractivity contribution in [3.05, 3.63) is 101 Å².